The molecule has 2 amide bonds. The molecule has 1 fully saturated rings. The molecule has 1 atom stereocenters. The molecule has 1 saturated heterocycles. The number of carbonyl (C=O) groups is 2. The molecular weight excluding hydrogens is 374 g/mol. The first-order valence-electron chi connectivity index (χ1n) is 8.15. The molecule has 0 aliphatic carbocycles. The van der Waals surface area contributed by atoms with Crippen molar-refractivity contribution in [2.24, 2.45) is 0 Å². The van der Waals surface area contributed by atoms with Crippen LogP contribution < -0.4 is 10.6 Å². The Morgan fingerprint density at radius 3 is 2.65 bits per heavy atom. The van der Waals surface area contributed by atoms with Gasteiger partial charge >= 0.3 is 0 Å². The van der Waals surface area contributed by atoms with Crippen molar-refractivity contribution in [2.45, 2.75) is 19.4 Å². The molecule has 2 N–H and O–H groups in total. The van der Waals surface area contributed by atoms with Gasteiger partial charge in [0.1, 0.15) is 9.88 Å². The third kappa shape index (κ3) is 4.47. The summed E-state index contributed by atoms with van der Waals surface area (Å²) in [4.78, 5) is 29.1. The van der Waals surface area contributed by atoms with E-state index >= 15 is 0 Å². The van der Waals surface area contributed by atoms with Crippen molar-refractivity contribution in [3.63, 3.8) is 0 Å². The number of amides is 2. The van der Waals surface area contributed by atoms with Crippen LogP contribution in [0, 0.1) is 6.92 Å². The predicted molar refractivity (Wildman–Crippen MR) is 99.8 cm³/mol. The third-order valence-electron chi connectivity index (χ3n) is 4.03. The Hall–Kier alpha value is -2.26. The molecule has 26 heavy (non-hydrogen) atoms. The lowest BCUT2D eigenvalue weighted by Crippen LogP contribution is -2.42. The number of aryl methyl sites for hydroxylation is 1. The molecule has 1 aromatic heterocycles. The number of nitrogens with zero attached hydrogens (tertiary/aromatic N) is 1. The van der Waals surface area contributed by atoms with E-state index in [1.807, 2.05) is 30.3 Å². The Bertz CT molecular complexity index is 923. The Balaban J connectivity index is 1.57. The van der Waals surface area contributed by atoms with Crippen LogP contribution >= 0.6 is 11.3 Å². The van der Waals surface area contributed by atoms with E-state index in [0.29, 0.717) is 17.0 Å². The van der Waals surface area contributed by atoms with Gasteiger partial charge in [-0.1, -0.05) is 30.3 Å². The summed E-state index contributed by atoms with van der Waals surface area (Å²) in [6.45, 7) is 1.55. The van der Waals surface area contributed by atoms with Crippen molar-refractivity contribution in [1.82, 2.24) is 15.6 Å². The fourth-order valence-electron chi connectivity index (χ4n) is 2.74. The zero-order chi connectivity index (χ0) is 18.7. The summed E-state index contributed by atoms with van der Waals surface area (Å²) in [6.07, 6.45) is 0.413. The minimum absolute atomic E-state index is 0.0406. The highest BCUT2D eigenvalue weighted by atomic mass is 32.2. The third-order valence-corrected chi connectivity index (χ3v) is 7.00. The SMILES string of the molecule is Cc1nc(-c2ccccc2)sc1C(=O)NCC(=O)NC1CCS(=O)(=O)C1. The lowest BCUT2D eigenvalue weighted by atomic mass is 10.2. The second-order valence-corrected chi connectivity index (χ2v) is 9.38. The summed E-state index contributed by atoms with van der Waals surface area (Å²) in [5, 5.41) is 5.96. The predicted octanol–water partition coefficient (Wildman–Crippen LogP) is 1.15. The molecule has 1 aliphatic rings. The van der Waals surface area contributed by atoms with Crippen LogP contribution in [-0.2, 0) is 14.6 Å². The standard InChI is InChI=1S/C17H19N3O4S2/c1-11-15(25-17(19-11)12-5-3-2-4-6-12)16(22)18-9-14(21)20-13-7-8-26(23,24)10-13/h2-6,13H,7-10H2,1H3,(H,18,22)(H,20,21). The first kappa shape index (κ1) is 18.5. The van der Waals surface area contributed by atoms with Crippen LogP contribution in [0.25, 0.3) is 10.6 Å². The van der Waals surface area contributed by atoms with Crippen molar-refractivity contribution in [3.05, 3.63) is 40.9 Å². The maximum Gasteiger partial charge on any atom is 0.263 e. The van der Waals surface area contributed by atoms with Crippen LogP contribution in [0.1, 0.15) is 21.8 Å². The smallest absolute Gasteiger partial charge is 0.263 e. The molecule has 3 rings (SSSR count). The van der Waals surface area contributed by atoms with E-state index in [9.17, 15) is 18.0 Å². The summed E-state index contributed by atoms with van der Waals surface area (Å²) < 4.78 is 22.8. The zero-order valence-corrected chi connectivity index (χ0v) is 15.8. The van der Waals surface area contributed by atoms with Gasteiger partial charge in [0.15, 0.2) is 9.84 Å². The lowest BCUT2D eigenvalue weighted by molar-refractivity contribution is -0.120. The lowest BCUT2D eigenvalue weighted by Gasteiger charge is -2.11. The highest BCUT2D eigenvalue weighted by molar-refractivity contribution is 7.91. The average molecular weight is 393 g/mol. The highest BCUT2D eigenvalue weighted by Crippen LogP contribution is 2.27. The molecule has 9 heteroatoms. The van der Waals surface area contributed by atoms with Gasteiger partial charge in [-0.2, -0.15) is 0 Å². The van der Waals surface area contributed by atoms with Gasteiger partial charge in [-0.25, -0.2) is 13.4 Å². The molecule has 2 heterocycles. The number of rotatable bonds is 5. The van der Waals surface area contributed by atoms with E-state index in [0.717, 1.165) is 10.6 Å². The topological polar surface area (TPSA) is 105 Å². The maximum atomic E-state index is 12.3. The van der Waals surface area contributed by atoms with Gasteiger partial charge in [-0.05, 0) is 13.3 Å². The molecule has 1 unspecified atom stereocenters. The number of carbonyl (C=O) groups excluding carboxylic acids is 2. The zero-order valence-electron chi connectivity index (χ0n) is 14.2. The van der Waals surface area contributed by atoms with Crippen LogP contribution in [-0.4, -0.2) is 49.3 Å². The molecule has 0 spiro atoms. The Morgan fingerprint density at radius 1 is 1.27 bits per heavy atom. The quantitative estimate of drug-likeness (QED) is 0.793. The number of nitrogens with one attached hydrogen (secondary N) is 2. The normalized spacial score (nSPS) is 18.4. The van der Waals surface area contributed by atoms with E-state index < -0.39 is 15.7 Å². The van der Waals surface area contributed by atoms with Crippen molar-refractivity contribution in [1.29, 1.82) is 0 Å². The Morgan fingerprint density at radius 2 is 2.00 bits per heavy atom. The fraction of sp³-hybridized carbons (Fsp3) is 0.353. The summed E-state index contributed by atoms with van der Waals surface area (Å²) in [5.74, 6) is -0.712. The van der Waals surface area contributed by atoms with Crippen molar-refractivity contribution in [2.75, 3.05) is 18.1 Å². The van der Waals surface area contributed by atoms with E-state index in [2.05, 4.69) is 15.6 Å². The summed E-state index contributed by atoms with van der Waals surface area (Å²) >= 11 is 1.27. The van der Waals surface area contributed by atoms with Gasteiger partial charge in [0.2, 0.25) is 5.91 Å². The van der Waals surface area contributed by atoms with Crippen LogP contribution in [0.15, 0.2) is 30.3 Å². The van der Waals surface area contributed by atoms with Crippen molar-refractivity contribution in [3.8, 4) is 10.6 Å². The second-order valence-electron chi connectivity index (χ2n) is 6.15. The van der Waals surface area contributed by atoms with Crippen LogP contribution in [0.3, 0.4) is 0 Å². The van der Waals surface area contributed by atoms with E-state index in [-0.39, 0.29) is 30.0 Å². The van der Waals surface area contributed by atoms with Gasteiger partial charge in [0.25, 0.3) is 5.91 Å². The summed E-state index contributed by atoms with van der Waals surface area (Å²) in [6, 6.07) is 9.18. The molecule has 0 radical (unpaired) electrons. The number of aromatic nitrogens is 1. The second kappa shape index (κ2) is 7.55. The van der Waals surface area contributed by atoms with Crippen molar-refractivity contribution >= 4 is 33.0 Å². The Labute approximate surface area is 155 Å². The monoisotopic (exact) mass is 393 g/mol. The van der Waals surface area contributed by atoms with Crippen LogP contribution in [0.2, 0.25) is 0 Å². The number of thiazole rings is 1. The molecule has 0 bridgehead atoms. The molecule has 7 nitrogen and oxygen atoms in total. The van der Waals surface area contributed by atoms with Crippen molar-refractivity contribution < 1.29 is 18.0 Å². The van der Waals surface area contributed by atoms with Gasteiger partial charge in [0, 0.05) is 11.6 Å². The highest BCUT2D eigenvalue weighted by Gasteiger charge is 2.29. The van der Waals surface area contributed by atoms with Gasteiger partial charge in [-0.3, -0.25) is 9.59 Å². The number of hydrogen-bond acceptors (Lipinski definition) is 6. The van der Waals surface area contributed by atoms with Gasteiger partial charge in [-0.15, -0.1) is 11.3 Å². The molecule has 1 aromatic carbocycles. The molecule has 2 aromatic rings. The van der Waals surface area contributed by atoms with E-state index in [1.165, 1.54) is 11.3 Å². The fourth-order valence-corrected chi connectivity index (χ4v) is 5.40. The van der Waals surface area contributed by atoms with Crippen LogP contribution in [0.5, 0.6) is 0 Å². The Kier molecular flexibility index (Phi) is 5.38. The first-order chi connectivity index (χ1) is 12.3. The van der Waals surface area contributed by atoms with Crippen LogP contribution in [0.4, 0.5) is 0 Å². The first-order valence-corrected chi connectivity index (χ1v) is 10.8. The summed E-state index contributed by atoms with van der Waals surface area (Å²) in [7, 11) is -3.05. The maximum absolute atomic E-state index is 12.3. The average Bonchev–Trinajstić information content (AvgIpc) is 3.15. The van der Waals surface area contributed by atoms with Gasteiger partial charge in [0.05, 0.1) is 23.7 Å². The molecular formula is C17H19N3O4S2. The molecule has 0 saturated carbocycles. The van der Waals surface area contributed by atoms with E-state index in [4.69, 9.17) is 0 Å². The van der Waals surface area contributed by atoms with E-state index in [1.54, 1.807) is 6.92 Å². The minimum Gasteiger partial charge on any atom is -0.351 e. The largest absolute Gasteiger partial charge is 0.351 e. The number of sulfone groups is 1. The molecule has 1 aliphatic heterocycles. The number of benzene rings is 1. The summed E-state index contributed by atoms with van der Waals surface area (Å²) in [5.41, 5.74) is 1.54. The number of hydrogen-bond donors (Lipinski definition) is 2. The molecule has 138 valence electrons. The minimum atomic E-state index is -3.05. The van der Waals surface area contributed by atoms with Gasteiger partial charge < -0.3 is 10.6 Å².